The number of hydrogen-bond donors (Lipinski definition) is 5. The van der Waals surface area contributed by atoms with Gasteiger partial charge in [0, 0.05) is 12.6 Å². The lowest BCUT2D eigenvalue weighted by molar-refractivity contribution is 0.0881. The van der Waals surface area contributed by atoms with Gasteiger partial charge in [-0.15, -0.1) is 0 Å². The molecule has 0 bridgehead atoms. The molecule has 0 aliphatic carbocycles. The average molecular weight is 206 g/mol. The van der Waals surface area contributed by atoms with Crippen LogP contribution < -0.4 is 11.1 Å². The van der Waals surface area contributed by atoms with Crippen LogP contribution >= 0.6 is 0 Å². The van der Waals surface area contributed by atoms with Crippen LogP contribution in [0.3, 0.4) is 0 Å². The molecule has 0 aliphatic heterocycles. The number of hydrogen-bond acceptors (Lipinski definition) is 5. The SMILES string of the molecule is NCCCC[C@@H](CO)NCC(O)CO. The molecule has 6 N–H and O–H groups in total. The first-order valence-electron chi connectivity index (χ1n) is 5.07. The van der Waals surface area contributed by atoms with Gasteiger partial charge in [0.05, 0.1) is 19.3 Å². The van der Waals surface area contributed by atoms with Crippen molar-refractivity contribution >= 4 is 0 Å². The van der Waals surface area contributed by atoms with Crippen LogP contribution in [0.5, 0.6) is 0 Å². The van der Waals surface area contributed by atoms with E-state index >= 15 is 0 Å². The maximum absolute atomic E-state index is 9.06. The summed E-state index contributed by atoms with van der Waals surface area (Å²) in [6.45, 7) is 0.762. The number of aliphatic hydroxyl groups excluding tert-OH is 3. The van der Waals surface area contributed by atoms with Crippen LogP contribution in [-0.2, 0) is 0 Å². The number of unbranched alkanes of at least 4 members (excludes halogenated alkanes) is 1. The van der Waals surface area contributed by atoms with Gasteiger partial charge in [-0.2, -0.15) is 0 Å². The average Bonchev–Trinajstić information content (AvgIpc) is 2.22. The monoisotopic (exact) mass is 206 g/mol. The maximum atomic E-state index is 9.06. The highest BCUT2D eigenvalue weighted by Crippen LogP contribution is 1.99. The van der Waals surface area contributed by atoms with E-state index in [9.17, 15) is 0 Å². The first-order chi connectivity index (χ1) is 6.74. The summed E-state index contributed by atoms with van der Waals surface area (Å²) in [4.78, 5) is 0. The van der Waals surface area contributed by atoms with E-state index in [1.807, 2.05) is 0 Å². The van der Waals surface area contributed by atoms with Crippen molar-refractivity contribution in [3.05, 3.63) is 0 Å². The fourth-order valence-electron chi connectivity index (χ4n) is 1.16. The Kier molecular flexibility index (Phi) is 9.23. The summed E-state index contributed by atoms with van der Waals surface area (Å²) in [5.74, 6) is 0. The lowest BCUT2D eigenvalue weighted by Gasteiger charge is -2.17. The highest BCUT2D eigenvalue weighted by atomic mass is 16.3. The summed E-state index contributed by atoms with van der Waals surface area (Å²) >= 11 is 0. The molecular weight excluding hydrogens is 184 g/mol. The predicted octanol–water partition coefficient (Wildman–Crippen LogP) is -1.58. The van der Waals surface area contributed by atoms with Gasteiger partial charge in [0.1, 0.15) is 0 Å². The van der Waals surface area contributed by atoms with Crippen molar-refractivity contribution in [3.8, 4) is 0 Å². The second kappa shape index (κ2) is 9.36. The quantitative estimate of drug-likeness (QED) is 0.293. The zero-order valence-electron chi connectivity index (χ0n) is 8.52. The van der Waals surface area contributed by atoms with Gasteiger partial charge >= 0.3 is 0 Å². The molecule has 0 spiro atoms. The van der Waals surface area contributed by atoms with Crippen LogP contribution in [0.25, 0.3) is 0 Å². The van der Waals surface area contributed by atoms with Crippen LogP contribution in [0.15, 0.2) is 0 Å². The number of nitrogens with two attached hydrogens (primary N) is 1. The van der Waals surface area contributed by atoms with Gasteiger partial charge in [-0.05, 0) is 19.4 Å². The largest absolute Gasteiger partial charge is 0.395 e. The Morgan fingerprint density at radius 1 is 1.14 bits per heavy atom. The van der Waals surface area contributed by atoms with Crippen molar-refractivity contribution in [1.82, 2.24) is 5.32 Å². The van der Waals surface area contributed by atoms with Gasteiger partial charge in [-0.1, -0.05) is 6.42 Å². The molecule has 0 amide bonds. The van der Waals surface area contributed by atoms with E-state index < -0.39 is 6.10 Å². The van der Waals surface area contributed by atoms with E-state index in [2.05, 4.69) is 5.32 Å². The maximum Gasteiger partial charge on any atom is 0.0895 e. The summed E-state index contributed by atoms with van der Waals surface area (Å²) < 4.78 is 0. The molecule has 0 heterocycles. The highest BCUT2D eigenvalue weighted by molar-refractivity contribution is 4.68. The molecule has 0 saturated heterocycles. The van der Waals surface area contributed by atoms with E-state index in [-0.39, 0.29) is 19.3 Å². The third-order valence-corrected chi connectivity index (χ3v) is 2.08. The Bertz CT molecular complexity index is 125. The van der Waals surface area contributed by atoms with E-state index in [1.54, 1.807) is 0 Å². The summed E-state index contributed by atoms with van der Waals surface area (Å²) in [6, 6.07) is -0.0113. The summed E-state index contributed by atoms with van der Waals surface area (Å²) in [5, 5.41) is 29.6. The molecule has 0 aromatic carbocycles. The molecule has 0 aliphatic rings. The number of aliphatic hydroxyl groups is 3. The smallest absolute Gasteiger partial charge is 0.0895 e. The van der Waals surface area contributed by atoms with E-state index in [0.717, 1.165) is 19.3 Å². The Morgan fingerprint density at radius 3 is 2.36 bits per heavy atom. The van der Waals surface area contributed by atoms with Gasteiger partial charge in [0.2, 0.25) is 0 Å². The first kappa shape index (κ1) is 13.8. The minimum Gasteiger partial charge on any atom is -0.395 e. The van der Waals surface area contributed by atoms with Gasteiger partial charge in [-0.25, -0.2) is 0 Å². The molecule has 86 valence electrons. The third-order valence-electron chi connectivity index (χ3n) is 2.08. The van der Waals surface area contributed by atoms with Gasteiger partial charge in [0.15, 0.2) is 0 Å². The molecule has 0 aromatic heterocycles. The molecule has 5 nitrogen and oxygen atoms in total. The van der Waals surface area contributed by atoms with Crippen LogP contribution in [0, 0.1) is 0 Å². The molecule has 0 aromatic rings. The highest BCUT2D eigenvalue weighted by Gasteiger charge is 2.08. The third kappa shape index (κ3) is 7.23. The van der Waals surface area contributed by atoms with Crippen molar-refractivity contribution in [1.29, 1.82) is 0 Å². The van der Waals surface area contributed by atoms with Crippen LogP contribution in [0.2, 0.25) is 0 Å². The lowest BCUT2D eigenvalue weighted by Crippen LogP contribution is -2.39. The van der Waals surface area contributed by atoms with E-state index in [4.69, 9.17) is 21.1 Å². The van der Waals surface area contributed by atoms with Crippen LogP contribution in [-0.4, -0.2) is 53.8 Å². The Morgan fingerprint density at radius 2 is 1.86 bits per heavy atom. The molecule has 1 unspecified atom stereocenters. The van der Waals surface area contributed by atoms with Crippen molar-refractivity contribution < 1.29 is 15.3 Å². The molecule has 0 saturated carbocycles. The van der Waals surface area contributed by atoms with Crippen LogP contribution in [0.1, 0.15) is 19.3 Å². The van der Waals surface area contributed by atoms with E-state index in [0.29, 0.717) is 13.1 Å². The minimum absolute atomic E-state index is 0.0113. The molecule has 2 atom stereocenters. The Labute approximate surface area is 84.9 Å². The van der Waals surface area contributed by atoms with Crippen molar-refractivity contribution in [3.63, 3.8) is 0 Å². The summed E-state index contributed by atoms with van der Waals surface area (Å²) in [7, 11) is 0. The second-order valence-electron chi connectivity index (χ2n) is 3.41. The van der Waals surface area contributed by atoms with Crippen molar-refractivity contribution in [2.24, 2.45) is 5.73 Å². The number of rotatable bonds is 9. The van der Waals surface area contributed by atoms with Gasteiger partial charge in [0.25, 0.3) is 0 Å². The predicted molar refractivity (Wildman–Crippen MR) is 54.9 cm³/mol. The Hall–Kier alpha value is -0.200. The fraction of sp³-hybridized carbons (Fsp3) is 1.00. The van der Waals surface area contributed by atoms with E-state index in [1.165, 1.54) is 0 Å². The molecule has 14 heavy (non-hydrogen) atoms. The van der Waals surface area contributed by atoms with Gasteiger partial charge in [-0.3, -0.25) is 0 Å². The Balaban J connectivity index is 3.47. The summed E-state index contributed by atoms with van der Waals surface area (Å²) in [5.41, 5.74) is 5.34. The van der Waals surface area contributed by atoms with Gasteiger partial charge < -0.3 is 26.4 Å². The molecule has 0 fully saturated rings. The molecule has 0 radical (unpaired) electrons. The zero-order chi connectivity index (χ0) is 10.8. The van der Waals surface area contributed by atoms with Crippen molar-refractivity contribution in [2.75, 3.05) is 26.3 Å². The standard InChI is InChI=1S/C9H22N2O3/c10-4-2-1-3-8(6-12)11-5-9(14)7-13/h8-9,11-14H,1-7,10H2/t8-,9?/m0/s1. The normalized spacial score (nSPS) is 15.4. The summed E-state index contributed by atoms with van der Waals surface area (Å²) in [6.07, 6.45) is 2.00. The molecule has 5 heteroatoms. The lowest BCUT2D eigenvalue weighted by atomic mass is 10.1. The minimum atomic E-state index is -0.751. The van der Waals surface area contributed by atoms with Crippen molar-refractivity contribution in [2.45, 2.75) is 31.4 Å². The second-order valence-corrected chi connectivity index (χ2v) is 3.41. The topological polar surface area (TPSA) is 98.7 Å². The number of nitrogens with one attached hydrogen (secondary N) is 1. The first-order valence-corrected chi connectivity index (χ1v) is 5.07. The zero-order valence-corrected chi connectivity index (χ0v) is 8.52. The molecular formula is C9H22N2O3. The molecule has 0 rings (SSSR count). The van der Waals surface area contributed by atoms with Crippen LogP contribution in [0.4, 0.5) is 0 Å². The fourth-order valence-corrected chi connectivity index (χ4v) is 1.16.